The van der Waals surface area contributed by atoms with Crippen molar-refractivity contribution in [1.82, 2.24) is 10.2 Å². The Hall–Kier alpha value is -4.66. The van der Waals surface area contributed by atoms with Crippen molar-refractivity contribution in [2.45, 2.75) is 33.4 Å². The molecule has 0 spiro atoms. The molecule has 3 aromatic carbocycles. The van der Waals surface area contributed by atoms with E-state index >= 15 is 0 Å². The van der Waals surface area contributed by atoms with Crippen LogP contribution in [0.15, 0.2) is 60.2 Å². The Kier molecular flexibility index (Phi) is 10.8. The van der Waals surface area contributed by atoms with Crippen molar-refractivity contribution in [1.29, 1.82) is 0 Å². The van der Waals surface area contributed by atoms with Crippen molar-refractivity contribution in [3.8, 4) is 23.0 Å². The molecule has 0 saturated carbocycles. The molecule has 0 radical (unpaired) electrons. The van der Waals surface area contributed by atoms with Crippen LogP contribution in [0.5, 0.6) is 23.0 Å². The van der Waals surface area contributed by atoms with Gasteiger partial charge in [0.05, 0.1) is 35.4 Å². The first-order valence-electron chi connectivity index (χ1n) is 13.7. The average molecular weight is 715 g/mol. The largest absolute Gasteiger partial charge is 0.493 e. The Bertz CT molecular complexity index is 1610. The third-order valence-electron chi connectivity index (χ3n) is 6.39. The van der Waals surface area contributed by atoms with E-state index in [9.17, 15) is 24.5 Å². The summed E-state index contributed by atoms with van der Waals surface area (Å²) in [7, 11) is 1.45. The molecule has 230 valence electrons. The minimum absolute atomic E-state index is 0.0231. The second-order valence-electron chi connectivity index (χ2n) is 9.52. The number of hydrogen-bond donors (Lipinski definition) is 1. The van der Waals surface area contributed by atoms with Crippen LogP contribution >= 0.6 is 22.6 Å². The fraction of sp³-hybridized carbons (Fsp3) is 0.258. The molecular weight excluding hydrogens is 685 g/mol. The van der Waals surface area contributed by atoms with Gasteiger partial charge in [-0.05, 0) is 95.1 Å². The Labute approximate surface area is 267 Å². The van der Waals surface area contributed by atoms with Crippen LogP contribution in [-0.4, -0.2) is 48.0 Å². The van der Waals surface area contributed by atoms with Crippen LogP contribution in [-0.2, 0) is 22.7 Å². The number of nitrogens with one attached hydrogen (secondary N) is 1. The van der Waals surface area contributed by atoms with Gasteiger partial charge in [0.15, 0.2) is 23.0 Å². The van der Waals surface area contributed by atoms with E-state index in [1.54, 1.807) is 42.5 Å². The van der Waals surface area contributed by atoms with E-state index in [2.05, 4.69) is 5.32 Å². The van der Waals surface area contributed by atoms with Crippen molar-refractivity contribution in [2.75, 3.05) is 20.3 Å². The van der Waals surface area contributed by atoms with Gasteiger partial charge in [0.1, 0.15) is 12.2 Å². The molecule has 0 aromatic heterocycles. The number of nitro groups is 1. The highest BCUT2D eigenvalue weighted by atomic mass is 127. The molecule has 4 amide bonds. The van der Waals surface area contributed by atoms with E-state index in [0.29, 0.717) is 56.5 Å². The van der Waals surface area contributed by atoms with Crippen molar-refractivity contribution in [3.05, 3.63) is 90.5 Å². The predicted molar refractivity (Wildman–Crippen MR) is 169 cm³/mol. The van der Waals surface area contributed by atoms with Crippen LogP contribution in [0, 0.1) is 13.7 Å². The number of rotatable bonds is 13. The lowest BCUT2D eigenvalue weighted by Gasteiger charge is -2.26. The fourth-order valence-corrected chi connectivity index (χ4v) is 5.05. The molecule has 12 nitrogen and oxygen atoms in total. The van der Waals surface area contributed by atoms with Crippen LogP contribution in [0.1, 0.15) is 37.0 Å². The molecule has 3 aromatic rings. The van der Waals surface area contributed by atoms with Crippen LogP contribution in [0.4, 0.5) is 10.5 Å². The standard InChI is InChI=1S/C31H30IN3O9/c1-4-12-43-25-11-8-20(15-26(25)42-5-2)17-34-30(37)23(29(36)33-31(34)38)13-21-14-24(32)28(27(16-21)41-3)44-18-19-6-9-22(10-7-19)35(39)40/h6-11,13-16H,4-5,12,17-18H2,1-3H3,(H,33,36,38)/b23-13+. The zero-order valence-corrected chi connectivity index (χ0v) is 26.4. The molecule has 1 aliphatic rings. The van der Waals surface area contributed by atoms with Crippen LogP contribution in [0.3, 0.4) is 0 Å². The van der Waals surface area contributed by atoms with Gasteiger partial charge in [-0.25, -0.2) is 4.79 Å². The highest BCUT2D eigenvalue weighted by Gasteiger charge is 2.36. The van der Waals surface area contributed by atoms with Crippen LogP contribution in [0.2, 0.25) is 0 Å². The van der Waals surface area contributed by atoms with Gasteiger partial charge in [-0.2, -0.15) is 0 Å². The number of amides is 4. The Morgan fingerprint density at radius 3 is 2.32 bits per heavy atom. The molecule has 1 fully saturated rings. The SMILES string of the molecule is CCCOc1ccc(CN2C(=O)NC(=O)/C(=C\c3cc(I)c(OCc4ccc([N+](=O)[O-])cc4)c(OC)c3)C2=O)cc1OCC. The number of hydrogen-bond acceptors (Lipinski definition) is 9. The number of ether oxygens (including phenoxy) is 4. The fourth-order valence-electron chi connectivity index (χ4n) is 4.27. The minimum atomic E-state index is -0.830. The van der Waals surface area contributed by atoms with Gasteiger partial charge in [-0.15, -0.1) is 0 Å². The Morgan fingerprint density at radius 1 is 0.932 bits per heavy atom. The lowest BCUT2D eigenvalue weighted by atomic mass is 10.1. The number of carbonyl (C=O) groups excluding carboxylic acids is 3. The highest BCUT2D eigenvalue weighted by Crippen LogP contribution is 2.36. The molecule has 1 N–H and O–H groups in total. The third kappa shape index (κ3) is 7.64. The van der Waals surface area contributed by atoms with Crippen LogP contribution in [0.25, 0.3) is 6.08 Å². The Balaban J connectivity index is 1.55. The number of non-ortho nitro benzene ring substituents is 1. The molecule has 0 aliphatic carbocycles. The summed E-state index contributed by atoms with van der Waals surface area (Å²) in [6, 6.07) is 13.6. The first-order chi connectivity index (χ1) is 21.1. The summed E-state index contributed by atoms with van der Waals surface area (Å²) < 4.78 is 23.5. The second kappa shape index (κ2) is 14.7. The molecule has 4 rings (SSSR count). The number of halogens is 1. The summed E-state index contributed by atoms with van der Waals surface area (Å²) in [5.41, 5.74) is 1.54. The summed E-state index contributed by atoms with van der Waals surface area (Å²) in [6.07, 6.45) is 2.21. The molecule has 1 aliphatic heterocycles. The minimum Gasteiger partial charge on any atom is -0.493 e. The van der Waals surface area contributed by atoms with Gasteiger partial charge >= 0.3 is 6.03 Å². The van der Waals surface area contributed by atoms with Gasteiger partial charge in [0.2, 0.25) is 0 Å². The van der Waals surface area contributed by atoms with Gasteiger partial charge in [0, 0.05) is 12.1 Å². The van der Waals surface area contributed by atoms with Crippen molar-refractivity contribution in [2.24, 2.45) is 0 Å². The maximum atomic E-state index is 13.4. The zero-order chi connectivity index (χ0) is 31.8. The summed E-state index contributed by atoms with van der Waals surface area (Å²) in [5.74, 6) is 0.244. The lowest BCUT2D eigenvalue weighted by molar-refractivity contribution is -0.384. The van der Waals surface area contributed by atoms with E-state index in [1.807, 2.05) is 36.4 Å². The van der Waals surface area contributed by atoms with Gasteiger partial charge in [0.25, 0.3) is 17.5 Å². The topological polar surface area (TPSA) is 147 Å². The van der Waals surface area contributed by atoms with E-state index < -0.39 is 22.8 Å². The maximum absolute atomic E-state index is 13.4. The number of barbiturate groups is 1. The zero-order valence-electron chi connectivity index (χ0n) is 24.3. The first kappa shape index (κ1) is 32.3. The molecule has 0 unspecified atom stereocenters. The van der Waals surface area contributed by atoms with E-state index in [1.165, 1.54) is 25.3 Å². The normalized spacial score (nSPS) is 14.0. The first-order valence-corrected chi connectivity index (χ1v) is 14.7. The second-order valence-corrected chi connectivity index (χ2v) is 10.7. The van der Waals surface area contributed by atoms with E-state index in [4.69, 9.17) is 18.9 Å². The lowest BCUT2D eigenvalue weighted by Crippen LogP contribution is -2.53. The third-order valence-corrected chi connectivity index (χ3v) is 7.19. The Morgan fingerprint density at radius 2 is 1.66 bits per heavy atom. The highest BCUT2D eigenvalue weighted by molar-refractivity contribution is 14.1. The summed E-state index contributed by atoms with van der Waals surface area (Å²) in [5, 5.41) is 13.1. The van der Waals surface area contributed by atoms with Crippen molar-refractivity contribution in [3.63, 3.8) is 0 Å². The van der Waals surface area contributed by atoms with Gasteiger partial charge < -0.3 is 18.9 Å². The van der Waals surface area contributed by atoms with E-state index in [-0.39, 0.29) is 24.4 Å². The maximum Gasteiger partial charge on any atom is 0.331 e. The molecule has 1 heterocycles. The average Bonchev–Trinajstić information content (AvgIpc) is 3.00. The predicted octanol–water partition coefficient (Wildman–Crippen LogP) is 5.64. The molecule has 13 heteroatoms. The van der Waals surface area contributed by atoms with Gasteiger partial charge in [-0.3, -0.25) is 29.9 Å². The number of nitro benzene ring substituents is 1. The number of urea groups is 1. The number of imide groups is 2. The molecular formula is C31H30IN3O9. The number of carbonyl (C=O) groups is 3. The van der Waals surface area contributed by atoms with Crippen molar-refractivity contribution >= 4 is 52.2 Å². The summed E-state index contributed by atoms with van der Waals surface area (Å²) in [6.45, 7) is 4.78. The summed E-state index contributed by atoms with van der Waals surface area (Å²) in [4.78, 5) is 50.3. The quantitative estimate of drug-likeness (QED) is 0.0782. The number of nitrogens with zero attached hydrogens (tertiary/aromatic N) is 2. The number of methoxy groups -OCH3 is 1. The van der Waals surface area contributed by atoms with E-state index in [0.717, 1.165) is 11.3 Å². The monoisotopic (exact) mass is 715 g/mol. The molecule has 0 atom stereocenters. The molecule has 44 heavy (non-hydrogen) atoms. The molecule has 0 bridgehead atoms. The summed E-state index contributed by atoms with van der Waals surface area (Å²) >= 11 is 2.04. The smallest absolute Gasteiger partial charge is 0.331 e. The number of benzene rings is 3. The van der Waals surface area contributed by atoms with Crippen molar-refractivity contribution < 1.29 is 38.3 Å². The molecule has 1 saturated heterocycles. The van der Waals surface area contributed by atoms with Crippen LogP contribution < -0.4 is 24.3 Å². The van der Waals surface area contributed by atoms with Gasteiger partial charge in [-0.1, -0.05) is 13.0 Å².